The van der Waals surface area contributed by atoms with Crippen molar-refractivity contribution >= 4 is 0 Å². The summed E-state index contributed by atoms with van der Waals surface area (Å²) in [6.45, 7) is 16.6. The molecule has 0 N–H and O–H groups in total. The van der Waals surface area contributed by atoms with Gasteiger partial charge in [0.25, 0.3) is 0 Å². The monoisotopic (exact) mass is 252 g/mol. The average molecular weight is 252 g/mol. The fraction of sp³-hybridized carbons (Fsp3) is 0.889. The van der Waals surface area contributed by atoms with E-state index in [1.807, 2.05) is 0 Å². The van der Waals surface area contributed by atoms with Crippen LogP contribution in [0.15, 0.2) is 11.6 Å². The van der Waals surface area contributed by atoms with E-state index in [1.54, 1.807) is 5.57 Å². The second-order valence-corrected chi connectivity index (χ2v) is 6.35. The molecule has 0 aromatic carbocycles. The molecule has 0 aliphatic rings. The van der Waals surface area contributed by atoms with Crippen LogP contribution in [0.3, 0.4) is 0 Å². The van der Waals surface area contributed by atoms with Crippen LogP contribution >= 0.6 is 0 Å². The Bertz CT molecular complexity index is 238. The first-order chi connectivity index (χ1) is 8.45. The summed E-state index contributed by atoms with van der Waals surface area (Å²) in [6.07, 6.45) is 10.2. The minimum atomic E-state index is 0.423. The lowest BCUT2D eigenvalue weighted by molar-refractivity contribution is 0.231. The van der Waals surface area contributed by atoms with Crippen LogP contribution in [0.1, 0.15) is 87.0 Å². The summed E-state index contributed by atoms with van der Waals surface area (Å²) in [6, 6.07) is 0. The highest BCUT2D eigenvalue weighted by molar-refractivity contribution is 5.13. The molecular weight excluding hydrogens is 216 g/mol. The molecule has 0 rings (SSSR count). The Labute approximate surface area is 116 Å². The van der Waals surface area contributed by atoms with E-state index in [4.69, 9.17) is 0 Å². The molecule has 0 bridgehead atoms. The van der Waals surface area contributed by atoms with Gasteiger partial charge in [-0.1, -0.05) is 73.0 Å². The second kappa shape index (κ2) is 8.77. The molecule has 3 atom stereocenters. The molecular formula is C18H36. The predicted octanol–water partition coefficient (Wildman–Crippen LogP) is 6.61. The number of allylic oxidation sites excluding steroid dienone is 2. The summed E-state index contributed by atoms with van der Waals surface area (Å²) in [4.78, 5) is 0. The first kappa shape index (κ1) is 17.7. The summed E-state index contributed by atoms with van der Waals surface area (Å²) >= 11 is 0. The molecule has 0 spiro atoms. The van der Waals surface area contributed by atoms with E-state index in [-0.39, 0.29) is 0 Å². The van der Waals surface area contributed by atoms with Crippen LogP contribution in [-0.2, 0) is 0 Å². The molecule has 0 aromatic rings. The molecule has 0 amide bonds. The molecule has 0 heterocycles. The van der Waals surface area contributed by atoms with Crippen molar-refractivity contribution in [3.63, 3.8) is 0 Å². The van der Waals surface area contributed by atoms with Crippen molar-refractivity contribution in [3.05, 3.63) is 11.6 Å². The highest BCUT2D eigenvalue weighted by Crippen LogP contribution is 2.41. The quantitative estimate of drug-likeness (QED) is 0.405. The van der Waals surface area contributed by atoms with Crippen LogP contribution in [0, 0.1) is 17.3 Å². The molecule has 108 valence electrons. The van der Waals surface area contributed by atoms with Gasteiger partial charge in [-0.15, -0.1) is 0 Å². The van der Waals surface area contributed by atoms with Gasteiger partial charge in [-0.3, -0.25) is 0 Å². The highest BCUT2D eigenvalue weighted by atomic mass is 14.3. The topological polar surface area (TPSA) is 0 Å². The first-order valence-electron chi connectivity index (χ1n) is 8.14. The molecule has 0 nitrogen and oxygen atoms in total. The van der Waals surface area contributed by atoms with E-state index in [9.17, 15) is 0 Å². The van der Waals surface area contributed by atoms with Gasteiger partial charge in [0.2, 0.25) is 0 Å². The minimum Gasteiger partial charge on any atom is -0.0848 e. The van der Waals surface area contributed by atoms with Gasteiger partial charge < -0.3 is 0 Å². The van der Waals surface area contributed by atoms with Crippen molar-refractivity contribution in [2.24, 2.45) is 17.3 Å². The fourth-order valence-electron chi connectivity index (χ4n) is 2.95. The van der Waals surface area contributed by atoms with Crippen molar-refractivity contribution in [1.82, 2.24) is 0 Å². The maximum atomic E-state index is 2.52. The Hall–Kier alpha value is -0.260. The minimum absolute atomic E-state index is 0.423. The Morgan fingerprint density at radius 3 is 2.06 bits per heavy atom. The summed E-state index contributed by atoms with van der Waals surface area (Å²) < 4.78 is 0. The average Bonchev–Trinajstić information content (AvgIpc) is 2.38. The number of hydrogen-bond donors (Lipinski definition) is 0. The van der Waals surface area contributed by atoms with E-state index in [0.717, 1.165) is 11.8 Å². The van der Waals surface area contributed by atoms with Crippen molar-refractivity contribution in [1.29, 1.82) is 0 Å². The lowest BCUT2D eigenvalue weighted by Crippen LogP contribution is -2.24. The van der Waals surface area contributed by atoms with E-state index < -0.39 is 0 Å². The van der Waals surface area contributed by atoms with Gasteiger partial charge in [0.15, 0.2) is 0 Å². The van der Waals surface area contributed by atoms with Crippen LogP contribution in [0.2, 0.25) is 0 Å². The van der Waals surface area contributed by atoms with Gasteiger partial charge in [-0.05, 0) is 42.9 Å². The molecule has 0 heteroatoms. The van der Waals surface area contributed by atoms with Gasteiger partial charge >= 0.3 is 0 Å². The highest BCUT2D eigenvalue weighted by Gasteiger charge is 2.29. The molecule has 0 aliphatic heterocycles. The Morgan fingerprint density at radius 2 is 1.67 bits per heavy atom. The normalized spacial score (nSPS) is 19.4. The maximum Gasteiger partial charge on any atom is -0.0116 e. The zero-order chi connectivity index (χ0) is 14.2. The molecule has 0 fully saturated rings. The standard InChI is InChI=1S/C18H36/c1-8-12-13-17(10-3)18(7,11-4)14-16(6)15(5)9-2/h13,15-16H,8-12,14H2,1-7H3. The van der Waals surface area contributed by atoms with Gasteiger partial charge in [-0.25, -0.2) is 0 Å². The van der Waals surface area contributed by atoms with Gasteiger partial charge in [0.05, 0.1) is 0 Å². The zero-order valence-electron chi connectivity index (χ0n) is 14.0. The lowest BCUT2D eigenvalue weighted by atomic mass is 9.69. The van der Waals surface area contributed by atoms with Crippen molar-refractivity contribution in [2.45, 2.75) is 87.0 Å². The van der Waals surface area contributed by atoms with Gasteiger partial charge in [0, 0.05) is 0 Å². The van der Waals surface area contributed by atoms with Crippen molar-refractivity contribution < 1.29 is 0 Å². The smallest absolute Gasteiger partial charge is 0.0116 e. The fourth-order valence-corrected chi connectivity index (χ4v) is 2.95. The molecule has 18 heavy (non-hydrogen) atoms. The van der Waals surface area contributed by atoms with E-state index in [2.05, 4.69) is 54.5 Å². The van der Waals surface area contributed by atoms with Crippen LogP contribution in [0.4, 0.5) is 0 Å². The lowest BCUT2D eigenvalue weighted by Gasteiger charge is -2.36. The van der Waals surface area contributed by atoms with Crippen LogP contribution < -0.4 is 0 Å². The van der Waals surface area contributed by atoms with Crippen molar-refractivity contribution in [3.8, 4) is 0 Å². The predicted molar refractivity (Wildman–Crippen MR) is 84.9 cm³/mol. The third-order valence-electron chi connectivity index (χ3n) is 5.00. The van der Waals surface area contributed by atoms with E-state index >= 15 is 0 Å². The summed E-state index contributed by atoms with van der Waals surface area (Å²) in [5, 5.41) is 0. The summed E-state index contributed by atoms with van der Waals surface area (Å²) in [5.41, 5.74) is 2.12. The van der Waals surface area contributed by atoms with Crippen molar-refractivity contribution in [2.75, 3.05) is 0 Å². The van der Waals surface area contributed by atoms with Crippen LogP contribution in [-0.4, -0.2) is 0 Å². The molecule has 0 radical (unpaired) electrons. The summed E-state index contributed by atoms with van der Waals surface area (Å²) in [5.74, 6) is 1.68. The van der Waals surface area contributed by atoms with Crippen LogP contribution in [0.25, 0.3) is 0 Å². The number of rotatable bonds is 9. The molecule has 0 aromatic heterocycles. The van der Waals surface area contributed by atoms with Crippen LogP contribution in [0.5, 0.6) is 0 Å². The SMILES string of the molecule is CCCC=C(CC)C(C)(CC)CC(C)C(C)CC. The maximum absolute atomic E-state index is 2.52. The first-order valence-corrected chi connectivity index (χ1v) is 8.14. The Morgan fingerprint density at radius 1 is 1.06 bits per heavy atom. The molecule has 0 saturated heterocycles. The third-order valence-corrected chi connectivity index (χ3v) is 5.00. The largest absolute Gasteiger partial charge is 0.0848 e. The zero-order valence-corrected chi connectivity index (χ0v) is 14.0. The molecule has 0 aliphatic carbocycles. The second-order valence-electron chi connectivity index (χ2n) is 6.35. The number of unbranched alkanes of at least 4 members (excludes halogenated alkanes) is 1. The summed E-state index contributed by atoms with van der Waals surface area (Å²) in [7, 11) is 0. The Balaban J connectivity index is 4.86. The van der Waals surface area contributed by atoms with Gasteiger partial charge in [0.1, 0.15) is 0 Å². The Kier molecular flexibility index (Phi) is 8.65. The molecule has 3 unspecified atom stereocenters. The van der Waals surface area contributed by atoms with E-state index in [0.29, 0.717) is 5.41 Å². The van der Waals surface area contributed by atoms with Gasteiger partial charge in [-0.2, -0.15) is 0 Å². The number of hydrogen-bond acceptors (Lipinski definition) is 0. The third kappa shape index (κ3) is 5.16. The molecule has 0 saturated carbocycles. The van der Waals surface area contributed by atoms with E-state index in [1.165, 1.54) is 38.5 Å².